The number of hydrogen-bond donors (Lipinski definition) is 3. The third kappa shape index (κ3) is 3.91. The summed E-state index contributed by atoms with van der Waals surface area (Å²) in [6.45, 7) is 2.50. The van der Waals surface area contributed by atoms with E-state index < -0.39 is 17.8 Å². The van der Waals surface area contributed by atoms with E-state index in [1.807, 2.05) is 6.92 Å². The van der Waals surface area contributed by atoms with E-state index >= 15 is 0 Å². The minimum Gasteiger partial charge on any atom is -0.478 e. The van der Waals surface area contributed by atoms with Crippen LogP contribution in [-0.4, -0.2) is 35.9 Å². The number of aromatic carboxylic acids is 1. The van der Waals surface area contributed by atoms with Gasteiger partial charge in [0.05, 0.1) is 23.4 Å². The molecule has 1 aliphatic rings. The Hall–Kier alpha value is -2.15. The molecule has 0 radical (unpaired) electrons. The largest absolute Gasteiger partial charge is 0.478 e. The average molecular weight is 296 g/mol. The van der Waals surface area contributed by atoms with Crippen LogP contribution in [-0.2, 0) is 4.74 Å². The second-order valence-electron chi connectivity index (χ2n) is 4.93. The molecule has 114 valence electrons. The number of amides is 2. The van der Waals surface area contributed by atoms with E-state index in [1.165, 1.54) is 6.07 Å². The summed E-state index contributed by atoms with van der Waals surface area (Å²) < 4.78 is 18.5. The predicted molar refractivity (Wildman–Crippen MR) is 73.9 cm³/mol. The number of benzene rings is 1. The number of anilines is 1. The minimum absolute atomic E-state index is 0.0390. The maximum absolute atomic E-state index is 13.1. The second kappa shape index (κ2) is 6.53. The Bertz CT molecular complexity index is 544. The van der Waals surface area contributed by atoms with Crippen molar-refractivity contribution in [1.29, 1.82) is 0 Å². The molecule has 2 unspecified atom stereocenters. The van der Waals surface area contributed by atoms with Gasteiger partial charge in [0, 0.05) is 6.61 Å². The van der Waals surface area contributed by atoms with Crippen molar-refractivity contribution in [2.75, 3.05) is 11.9 Å². The number of carboxylic acids is 1. The molecule has 1 aromatic carbocycles. The number of carbonyl (C=O) groups is 2. The fourth-order valence-electron chi connectivity index (χ4n) is 2.26. The third-order valence-electron chi connectivity index (χ3n) is 3.34. The third-order valence-corrected chi connectivity index (χ3v) is 3.34. The SMILES string of the molecule is CC(NC(=O)Nc1ccc(F)cc1C(=O)O)C1CCCO1. The van der Waals surface area contributed by atoms with Gasteiger partial charge in [0.2, 0.25) is 0 Å². The summed E-state index contributed by atoms with van der Waals surface area (Å²) in [7, 11) is 0. The van der Waals surface area contributed by atoms with Crippen LogP contribution in [0, 0.1) is 5.82 Å². The Morgan fingerprint density at radius 2 is 2.24 bits per heavy atom. The zero-order chi connectivity index (χ0) is 15.4. The van der Waals surface area contributed by atoms with Gasteiger partial charge in [-0.3, -0.25) is 0 Å². The van der Waals surface area contributed by atoms with Crippen LogP contribution in [0.25, 0.3) is 0 Å². The highest BCUT2D eigenvalue weighted by Gasteiger charge is 2.24. The molecule has 0 spiro atoms. The molecule has 2 amide bonds. The molecular weight excluding hydrogens is 279 g/mol. The molecule has 1 saturated heterocycles. The molecule has 1 aromatic rings. The summed E-state index contributed by atoms with van der Waals surface area (Å²) in [4.78, 5) is 22.9. The maximum atomic E-state index is 13.1. The first-order chi connectivity index (χ1) is 9.97. The van der Waals surface area contributed by atoms with Crippen molar-refractivity contribution in [3.63, 3.8) is 0 Å². The lowest BCUT2D eigenvalue weighted by atomic mass is 10.1. The Labute approximate surface area is 121 Å². The van der Waals surface area contributed by atoms with Gasteiger partial charge in [-0.2, -0.15) is 0 Å². The summed E-state index contributed by atoms with van der Waals surface area (Å²) in [5, 5.41) is 14.1. The van der Waals surface area contributed by atoms with E-state index in [-0.39, 0.29) is 23.4 Å². The minimum atomic E-state index is -1.31. The maximum Gasteiger partial charge on any atom is 0.337 e. The highest BCUT2D eigenvalue weighted by molar-refractivity contribution is 6.00. The molecule has 3 N–H and O–H groups in total. The van der Waals surface area contributed by atoms with Crippen LogP contribution in [0.4, 0.5) is 14.9 Å². The van der Waals surface area contributed by atoms with Crippen molar-refractivity contribution in [3.8, 4) is 0 Å². The zero-order valence-corrected chi connectivity index (χ0v) is 11.6. The van der Waals surface area contributed by atoms with Crippen LogP contribution < -0.4 is 10.6 Å². The van der Waals surface area contributed by atoms with Crippen molar-refractivity contribution in [2.24, 2.45) is 0 Å². The van der Waals surface area contributed by atoms with E-state index in [4.69, 9.17) is 9.84 Å². The topological polar surface area (TPSA) is 87.7 Å². The van der Waals surface area contributed by atoms with Crippen LogP contribution in [0.2, 0.25) is 0 Å². The average Bonchev–Trinajstić information content (AvgIpc) is 2.94. The first-order valence-corrected chi connectivity index (χ1v) is 6.69. The van der Waals surface area contributed by atoms with Crippen molar-refractivity contribution in [3.05, 3.63) is 29.6 Å². The summed E-state index contributed by atoms with van der Waals surface area (Å²) in [5.41, 5.74) is -0.254. The van der Waals surface area contributed by atoms with Crippen LogP contribution >= 0.6 is 0 Å². The molecule has 0 bridgehead atoms. The standard InChI is InChI=1S/C14H17FN2O4/c1-8(12-3-2-6-21-12)16-14(20)17-11-5-4-9(15)7-10(11)13(18)19/h4-5,7-8,12H,2-3,6H2,1H3,(H,18,19)(H2,16,17,20). The fraction of sp³-hybridized carbons (Fsp3) is 0.429. The summed E-state index contributed by atoms with van der Waals surface area (Å²) >= 11 is 0. The molecular formula is C14H17FN2O4. The molecule has 7 heteroatoms. The van der Waals surface area contributed by atoms with Gasteiger partial charge in [-0.15, -0.1) is 0 Å². The first kappa shape index (κ1) is 15.2. The van der Waals surface area contributed by atoms with Crippen molar-refractivity contribution in [2.45, 2.75) is 31.9 Å². The lowest BCUT2D eigenvalue weighted by Crippen LogP contribution is -2.43. The van der Waals surface area contributed by atoms with Gasteiger partial charge in [0.25, 0.3) is 0 Å². The Kier molecular flexibility index (Phi) is 4.74. The number of rotatable bonds is 4. The van der Waals surface area contributed by atoms with Crippen LogP contribution in [0.5, 0.6) is 0 Å². The number of nitrogens with one attached hydrogen (secondary N) is 2. The molecule has 21 heavy (non-hydrogen) atoms. The van der Waals surface area contributed by atoms with E-state index in [0.717, 1.165) is 25.0 Å². The van der Waals surface area contributed by atoms with Gasteiger partial charge in [-0.1, -0.05) is 0 Å². The van der Waals surface area contributed by atoms with E-state index in [9.17, 15) is 14.0 Å². The normalized spacial score (nSPS) is 19.0. The van der Waals surface area contributed by atoms with Crippen LogP contribution in [0.1, 0.15) is 30.1 Å². The second-order valence-corrected chi connectivity index (χ2v) is 4.93. The molecule has 0 aromatic heterocycles. The Morgan fingerprint density at radius 1 is 1.48 bits per heavy atom. The Morgan fingerprint density at radius 3 is 2.86 bits per heavy atom. The van der Waals surface area contributed by atoms with Gasteiger partial charge >= 0.3 is 12.0 Å². The number of hydrogen-bond acceptors (Lipinski definition) is 3. The first-order valence-electron chi connectivity index (χ1n) is 6.69. The number of halogens is 1. The number of carbonyl (C=O) groups excluding carboxylic acids is 1. The summed E-state index contributed by atoms with van der Waals surface area (Å²) in [6, 6.07) is 2.43. The fourth-order valence-corrected chi connectivity index (χ4v) is 2.26. The number of ether oxygens (including phenoxy) is 1. The van der Waals surface area contributed by atoms with Crippen molar-refractivity contribution >= 4 is 17.7 Å². The molecule has 1 fully saturated rings. The van der Waals surface area contributed by atoms with E-state index in [1.54, 1.807) is 0 Å². The molecule has 0 aliphatic carbocycles. The molecule has 1 aliphatic heterocycles. The molecule has 6 nitrogen and oxygen atoms in total. The number of urea groups is 1. The lowest BCUT2D eigenvalue weighted by Gasteiger charge is -2.20. The smallest absolute Gasteiger partial charge is 0.337 e. The van der Waals surface area contributed by atoms with Crippen molar-refractivity contribution in [1.82, 2.24) is 5.32 Å². The highest BCUT2D eigenvalue weighted by atomic mass is 19.1. The van der Waals surface area contributed by atoms with Crippen LogP contribution in [0.3, 0.4) is 0 Å². The molecule has 2 atom stereocenters. The summed E-state index contributed by atoms with van der Waals surface area (Å²) in [6.07, 6.45) is 1.79. The van der Waals surface area contributed by atoms with E-state index in [2.05, 4.69) is 10.6 Å². The zero-order valence-electron chi connectivity index (χ0n) is 11.6. The van der Waals surface area contributed by atoms with Crippen LogP contribution in [0.15, 0.2) is 18.2 Å². The number of carboxylic acid groups (broad SMARTS) is 1. The molecule has 0 saturated carbocycles. The van der Waals surface area contributed by atoms with Gasteiger partial charge in [0.15, 0.2) is 0 Å². The summed E-state index contributed by atoms with van der Waals surface area (Å²) in [5.74, 6) is -1.98. The van der Waals surface area contributed by atoms with Gasteiger partial charge in [0.1, 0.15) is 5.82 Å². The Balaban J connectivity index is 2.00. The molecule has 1 heterocycles. The monoisotopic (exact) mass is 296 g/mol. The van der Waals surface area contributed by atoms with Gasteiger partial charge in [-0.05, 0) is 38.0 Å². The quantitative estimate of drug-likeness (QED) is 0.795. The van der Waals surface area contributed by atoms with Gasteiger partial charge in [-0.25, -0.2) is 14.0 Å². The molecule has 2 rings (SSSR count). The van der Waals surface area contributed by atoms with E-state index in [0.29, 0.717) is 6.61 Å². The van der Waals surface area contributed by atoms with Gasteiger partial charge < -0.3 is 20.5 Å². The highest BCUT2D eigenvalue weighted by Crippen LogP contribution is 2.18. The lowest BCUT2D eigenvalue weighted by molar-refractivity contribution is 0.0697. The predicted octanol–water partition coefficient (Wildman–Crippen LogP) is 2.21. The van der Waals surface area contributed by atoms with Crippen molar-refractivity contribution < 1.29 is 23.8 Å².